The topological polar surface area (TPSA) is 35.2 Å². The summed E-state index contributed by atoms with van der Waals surface area (Å²) in [6.45, 7) is 0. The van der Waals surface area contributed by atoms with E-state index in [1.807, 2.05) is 0 Å². The maximum Gasteiger partial charge on any atom is 0.573 e. The molecule has 2 nitrogen and oxygen atoms in total. The smallest absolute Gasteiger partial charge is 0.406 e. The lowest BCUT2D eigenvalue weighted by Crippen LogP contribution is -2.17. The molecule has 0 amide bonds. The Morgan fingerprint density at radius 2 is 1.75 bits per heavy atom. The van der Waals surface area contributed by atoms with E-state index in [1.165, 1.54) is 24.3 Å². The molecule has 0 fully saturated rings. The van der Waals surface area contributed by atoms with Crippen molar-refractivity contribution >= 4 is 17.3 Å². The van der Waals surface area contributed by atoms with Crippen molar-refractivity contribution in [3.63, 3.8) is 0 Å². The zero-order chi connectivity index (χ0) is 14.9. The van der Waals surface area contributed by atoms with Gasteiger partial charge in [0.1, 0.15) is 11.6 Å². The average molecular weight is 306 g/mol. The summed E-state index contributed by atoms with van der Waals surface area (Å²) >= 11 is 5.65. The Labute approximate surface area is 116 Å². The van der Waals surface area contributed by atoms with Crippen LogP contribution in [0.15, 0.2) is 36.4 Å². The average Bonchev–Trinajstić information content (AvgIpc) is 2.31. The molecule has 2 aromatic rings. The molecule has 0 spiro atoms. The van der Waals surface area contributed by atoms with Crippen LogP contribution in [0.1, 0.15) is 0 Å². The summed E-state index contributed by atoms with van der Waals surface area (Å²) in [5, 5.41) is -0.0995. The van der Waals surface area contributed by atoms with E-state index < -0.39 is 17.9 Å². The molecule has 2 rings (SSSR count). The van der Waals surface area contributed by atoms with E-state index in [9.17, 15) is 17.6 Å². The third-order valence-electron chi connectivity index (χ3n) is 2.50. The lowest BCUT2D eigenvalue weighted by atomic mass is 10.0. The standard InChI is InChI=1S/C13H8ClF4NO/c14-10-3-1-2-9(12(10)15)8-5-4-7(6-11(8)19)20-13(16,17)18/h1-6H,19H2. The number of hydrogen-bond acceptors (Lipinski definition) is 2. The second-order valence-corrected chi connectivity index (χ2v) is 4.31. The third-order valence-corrected chi connectivity index (χ3v) is 2.79. The Morgan fingerprint density at radius 3 is 2.35 bits per heavy atom. The normalized spacial score (nSPS) is 11.4. The molecule has 7 heteroatoms. The molecule has 0 aliphatic rings. The van der Waals surface area contributed by atoms with Crippen LogP contribution in [0.4, 0.5) is 23.2 Å². The lowest BCUT2D eigenvalue weighted by Gasteiger charge is -2.12. The largest absolute Gasteiger partial charge is 0.573 e. The van der Waals surface area contributed by atoms with Crippen LogP contribution in [0.2, 0.25) is 5.02 Å². The van der Waals surface area contributed by atoms with E-state index >= 15 is 0 Å². The molecule has 0 aliphatic carbocycles. The summed E-state index contributed by atoms with van der Waals surface area (Å²) in [7, 11) is 0. The fraction of sp³-hybridized carbons (Fsp3) is 0.0769. The predicted octanol–water partition coefficient (Wildman–Crippen LogP) is 4.63. The van der Waals surface area contributed by atoms with E-state index in [-0.39, 0.29) is 21.8 Å². The van der Waals surface area contributed by atoms with Gasteiger partial charge >= 0.3 is 6.36 Å². The molecular weight excluding hydrogens is 298 g/mol. The summed E-state index contributed by atoms with van der Waals surface area (Å²) in [4.78, 5) is 0. The summed E-state index contributed by atoms with van der Waals surface area (Å²) in [5.74, 6) is -1.16. The molecule has 106 valence electrons. The predicted molar refractivity (Wildman–Crippen MR) is 67.9 cm³/mol. The molecule has 0 bridgehead atoms. The van der Waals surface area contributed by atoms with Gasteiger partial charge in [0.05, 0.1) is 5.02 Å². The highest BCUT2D eigenvalue weighted by molar-refractivity contribution is 6.31. The van der Waals surface area contributed by atoms with Gasteiger partial charge in [-0.1, -0.05) is 23.7 Å². The van der Waals surface area contributed by atoms with Crippen LogP contribution in [-0.2, 0) is 0 Å². The van der Waals surface area contributed by atoms with Crippen LogP contribution in [0.25, 0.3) is 11.1 Å². The van der Waals surface area contributed by atoms with Crippen LogP contribution < -0.4 is 10.5 Å². The van der Waals surface area contributed by atoms with Gasteiger partial charge in [0, 0.05) is 22.9 Å². The van der Waals surface area contributed by atoms with Crippen LogP contribution in [0.5, 0.6) is 5.75 Å². The van der Waals surface area contributed by atoms with E-state index in [2.05, 4.69) is 4.74 Å². The van der Waals surface area contributed by atoms with Gasteiger partial charge < -0.3 is 10.5 Å². The SMILES string of the molecule is Nc1cc(OC(F)(F)F)ccc1-c1cccc(Cl)c1F. The van der Waals surface area contributed by atoms with E-state index in [0.717, 1.165) is 12.1 Å². The molecule has 0 aromatic heterocycles. The number of benzene rings is 2. The molecule has 0 saturated heterocycles. The molecule has 0 atom stereocenters. The highest BCUT2D eigenvalue weighted by Gasteiger charge is 2.31. The molecule has 2 N–H and O–H groups in total. The van der Waals surface area contributed by atoms with Crippen LogP contribution in [-0.4, -0.2) is 6.36 Å². The van der Waals surface area contributed by atoms with Gasteiger partial charge in [0.25, 0.3) is 0 Å². The second-order valence-electron chi connectivity index (χ2n) is 3.90. The summed E-state index contributed by atoms with van der Waals surface area (Å²) in [6, 6.07) is 7.57. The highest BCUT2D eigenvalue weighted by atomic mass is 35.5. The summed E-state index contributed by atoms with van der Waals surface area (Å²) in [5.41, 5.74) is 5.93. The first-order valence-corrected chi connectivity index (χ1v) is 5.75. The minimum absolute atomic E-state index is 0.0482. The van der Waals surface area contributed by atoms with Crippen molar-refractivity contribution in [3.05, 3.63) is 47.2 Å². The summed E-state index contributed by atoms with van der Waals surface area (Å²) < 4.78 is 53.8. The van der Waals surface area contributed by atoms with Crippen molar-refractivity contribution in [2.45, 2.75) is 6.36 Å². The van der Waals surface area contributed by atoms with Crippen LogP contribution in [0.3, 0.4) is 0 Å². The van der Waals surface area contributed by atoms with Gasteiger partial charge in [0.15, 0.2) is 0 Å². The maximum atomic E-state index is 13.8. The fourth-order valence-electron chi connectivity index (χ4n) is 1.70. The third kappa shape index (κ3) is 3.14. The number of ether oxygens (including phenoxy) is 1. The minimum atomic E-state index is -4.81. The number of hydrogen-bond donors (Lipinski definition) is 1. The molecule has 0 heterocycles. The fourth-order valence-corrected chi connectivity index (χ4v) is 1.87. The van der Waals surface area contributed by atoms with E-state index in [1.54, 1.807) is 0 Å². The van der Waals surface area contributed by atoms with Crippen molar-refractivity contribution < 1.29 is 22.3 Å². The van der Waals surface area contributed by atoms with Crippen LogP contribution >= 0.6 is 11.6 Å². The van der Waals surface area contributed by atoms with Gasteiger partial charge in [-0.3, -0.25) is 0 Å². The molecule has 0 radical (unpaired) electrons. The van der Waals surface area contributed by atoms with Gasteiger partial charge in [-0.05, 0) is 18.2 Å². The molecule has 0 unspecified atom stereocenters. The van der Waals surface area contributed by atoms with E-state index in [4.69, 9.17) is 17.3 Å². The monoisotopic (exact) mass is 305 g/mol. The molecule has 0 aliphatic heterocycles. The van der Waals surface area contributed by atoms with Gasteiger partial charge in [-0.15, -0.1) is 13.2 Å². The highest BCUT2D eigenvalue weighted by Crippen LogP contribution is 2.34. The first kappa shape index (κ1) is 14.5. The van der Waals surface area contributed by atoms with Gasteiger partial charge in [0.2, 0.25) is 0 Å². The zero-order valence-electron chi connectivity index (χ0n) is 9.84. The van der Waals surface area contributed by atoms with Gasteiger partial charge in [-0.2, -0.15) is 0 Å². The van der Waals surface area contributed by atoms with E-state index in [0.29, 0.717) is 0 Å². The summed E-state index contributed by atoms with van der Waals surface area (Å²) in [6.07, 6.45) is -4.81. The number of halogens is 5. The molecule has 2 aromatic carbocycles. The second kappa shape index (κ2) is 5.20. The Hall–Kier alpha value is -1.95. The lowest BCUT2D eigenvalue weighted by molar-refractivity contribution is -0.274. The number of nitrogen functional groups attached to an aromatic ring is 1. The number of alkyl halides is 3. The van der Waals surface area contributed by atoms with Gasteiger partial charge in [-0.25, -0.2) is 4.39 Å². The maximum absolute atomic E-state index is 13.8. The van der Waals surface area contributed by atoms with Crippen molar-refractivity contribution in [1.29, 1.82) is 0 Å². The van der Waals surface area contributed by atoms with Crippen molar-refractivity contribution in [3.8, 4) is 16.9 Å². The quantitative estimate of drug-likeness (QED) is 0.648. The van der Waals surface area contributed by atoms with Crippen molar-refractivity contribution in [2.24, 2.45) is 0 Å². The number of nitrogens with two attached hydrogens (primary N) is 1. The molecule has 0 saturated carbocycles. The Kier molecular flexibility index (Phi) is 3.76. The molecular formula is C13H8ClF4NO. The Bertz CT molecular complexity index is 643. The first-order valence-electron chi connectivity index (χ1n) is 5.37. The first-order chi connectivity index (χ1) is 9.28. The zero-order valence-corrected chi connectivity index (χ0v) is 10.6. The Balaban J connectivity index is 2.42. The minimum Gasteiger partial charge on any atom is -0.406 e. The molecule has 20 heavy (non-hydrogen) atoms. The van der Waals surface area contributed by atoms with Crippen molar-refractivity contribution in [2.75, 3.05) is 5.73 Å². The Morgan fingerprint density at radius 1 is 1.05 bits per heavy atom. The van der Waals surface area contributed by atoms with Crippen LogP contribution in [0, 0.1) is 5.82 Å². The van der Waals surface area contributed by atoms with Crippen molar-refractivity contribution in [1.82, 2.24) is 0 Å². The number of rotatable bonds is 2. The number of anilines is 1.